The van der Waals surface area contributed by atoms with E-state index in [1.54, 1.807) is 43.3 Å². The fourth-order valence-corrected chi connectivity index (χ4v) is 2.60. The molecular formula is C18H14FNO3. The summed E-state index contributed by atoms with van der Waals surface area (Å²) >= 11 is 0. The van der Waals surface area contributed by atoms with Gasteiger partial charge in [-0.25, -0.2) is 9.18 Å². The lowest BCUT2D eigenvalue weighted by atomic mass is 10.0. The minimum atomic E-state index is -1.27. The van der Waals surface area contributed by atoms with Gasteiger partial charge in [-0.05, 0) is 35.7 Å². The fourth-order valence-electron chi connectivity index (χ4n) is 2.60. The molecule has 4 nitrogen and oxygen atoms in total. The number of aryl methyl sites for hydroxylation is 1. The number of hydrogen-bond donors (Lipinski definition) is 2. The van der Waals surface area contributed by atoms with Crippen molar-refractivity contribution in [3.8, 4) is 0 Å². The molecule has 0 unspecified atom stereocenters. The van der Waals surface area contributed by atoms with Crippen LogP contribution in [0.2, 0.25) is 0 Å². The molecule has 1 aromatic heterocycles. The number of H-pyrrole nitrogens is 1. The largest absolute Gasteiger partial charge is 0.477 e. The Labute approximate surface area is 131 Å². The van der Waals surface area contributed by atoms with E-state index < -0.39 is 11.4 Å². The molecular weight excluding hydrogens is 297 g/mol. The zero-order chi connectivity index (χ0) is 16.6. The average molecular weight is 311 g/mol. The number of carboxylic acids is 1. The predicted molar refractivity (Wildman–Crippen MR) is 85.5 cm³/mol. The SMILES string of the molecule is Cc1cccc(Cc2ccc3[nH]cc(C(=O)O)c(=O)c3c2)c1F. The lowest BCUT2D eigenvalue weighted by molar-refractivity contribution is 0.0695. The van der Waals surface area contributed by atoms with Gasteiger partial charge < -0.3 is 10.1 Å². The van der Waals surface area contributed by atoms with Gasteiger partial charge in [0.15, 0.2) is 0 Å². The highest BCUT2D eigenvalue weighted by atomic mass is 19.1. The van der Waals surface area contributed by atoms with Crippen molar-refractivity contribution >= 4 is 16.9 Å². The molecule has 0 fully saturated rings. The van der Waals surface area contributed by atoms with Crippen molar-refractivity contribution in [2.75, 3.05) is 0 Å². The summed E-state index contributed by atoms with van der Waals surface area (Å²) < 4.78 is 14.1. The maximum absolute atomic E-state index is 14.1. The van der Waals surface area contributed by atoms with Crippen molar-refractivity contribution in [1.29, 1.82) is 0 Å². The predicted octanol–water partition coefficient (Wildman–Crippen LogP) is 3.26. The number of carbonyl (C=O) groups is 1. The Hall–Kier alpha value is -2.95. The van der Waals surface area contributed by atoms with Crippen LogP contribution < -0.4 is 5.43 Å². The molecule has 0 aliphatic rings. The van der Waals surface area contributed by atoms with Crippen LogP contribution in [0.4, 0.5) is 4.39 Å². The zero-order valence-corrected chi connectivity index (χ0v) is 12.4. The van der Waals surface area contributed by atoms with E-state index in [2.05, 4.69) is 4.98 Å². The molecule has 0 saturated heterocycles. The number of pyridine rings is 1. The van der Waals surface area contributed by atoms with Gasteiger partial charge in [0.1, 0.15) is 11.4 Å². The smallest absolute Gasteiger partial charge is 0.341 e. The molecule has 0 radical (unpaired) electrons. The highest BCUT2D eigenvalue weighted by Gasteiger charge is 2.12. The first-order valence-corrected chi connectivity index (χ1v) is 7.09. The molecule has 0 saturated carbocycles. The zero-order valence-electron chi connectivity index (χ0n) is 12.4. The van der Waals surface area contributed by atoms with E-state index >= 15 is 0 Å². The Kier molecular flexibility index (Phi) is 3.70. The first-order valence-electron chi connectivity index (χ1n) is 7.09. The topological polar surface area (TPSA) is 70.2 Å². The van der Waals surface area contributed by atoms with E-state index in [-0.39, 0.29) is 16.8 Å². The van der Waals surface area contributed by atoms with E-state index in [0.717, 1.165) is 5.56 Å². The standard InChI is InChI=1S/C18H14FNO3/c1-10-3-2-4-12(16(10)19)7-11-5-6-15-13(8-11)17(21)14(9-20-15)18(22)23/h2-6,8-9H,7H2,1H3,(H,20,21)(H,22,23). The molecule has 0 aliphatic heterocycles. The highest BCUT2D eigenvalue weighted by molar-refractivity contribution is 5.92. The second-order valence-electron chi connectivity index (χ2n) is 5.44. The maximum atomic E-state index is 14.1. The first-order chi connectivity index (χ1) is 11.0. The summed E-state index contributed by atoms with van der Waals surface area (Å²) in [6.45, 7) is 1.70. The number of aromatic amines is 1. The second-order valence-corrected chi connectivity index (χ2v) is 5.44. The third-order valence-corrected chi connectivity index (χ3v) is 3.84. The van der Waals surface area contributed by atoms with Crippen molar-refractivity contribution in [2.24, 2.45) is 0 Å². The van der Waals surface area contributed by atoms with Crippen LogP contribution in [0, 0.1) is 12.7 Å². The lowest BCUT2D eigenvalue weighted by Crippen LogP contribution is -2.15. The number of fused-ring (bicyclic) bond motifs is 1. The van der Waals surface area contributed by atoms with Crippen molar-refractivity contribution in [3.63, 3.8) is 0 Å². The van der Waals surface area contributed by atoms with Crippen LogP contribution in [-0.4, -0.2) is 16.1 Å². The molecule has 116 valence electrons. The third-order valence-electron chi connectivity index (χ3n) is 3.84. The maximum Gasteiger partial charge on any atom is 0.341 e. The summed E-state index contributed by atoms with van der Waals surface area (Å²) in [5, 5.41) is 9.31. The molecule has 0 spiro atoms. The van der Waals surface area contributed by atoms with Crippen LogP contribution >= 0.6 is 0 Å². The van der Waals surface area contributed by atoms with Gasteiger partial charge in [-0.15, -0.1) is 0 Å². The lowest BCUT2D eigenvalue weighted by Gasteiger charge is -2.07. The van der Waals surface area contributed by atoms with Crippen LogP contribution in [0.15, 0.2) is 47.4 Å². The van der Waals surface area contributed by atoms with Crippen LogP contribution in [0.3, 0.4) is 0 Å². The molecule has 3 rings (SSSR count). The van der Waals surface area contributed by atoms with E-state index in [4.69, 9.17) is 5.11 Å². The molecule has 0 atom stereocenters. The monoisotopic (exact) mass is 311 g/mol. The minimum absolute atomic E-state index is 0.263. The summed E-state index contributed by atoms with van der Waals surface area (Å²) in [6, 6.07) is 10.3. The highest BCUT2D eigenvalue weighted by Crippen LogP contribution is 2.18. The normalized spacial score (nSPS) is 10.9. The van der Waals surface area contributed by atoms with E-state index in [0.29, 0.717) is 23.1 Å². The fraction of sp³-hybridized carbons (Fsp3) is 0.111. The van der Waals surface area contributed by atoms with Gasteiger partial charge in [0.25, 0.3) is 0 Å². The van der Waals surface area contributed by atoms with Gasteiger partial charge in [0, 0.05) is 23.5 Å². The Morgan fingerprint density at radius 1 is 1.26 bits per heavy atom. The van der Waals surface area contributed by atoms with Gasteiger partial charge in [-0.2, -0.15) is 0 Å². The Bertz CT molecular complexity index is 976. The van der Waals surface area contributed by atoms with Gasteiger partial charge in [0.2, 0.25) is 5.43 Å². The number of aromatic carboxylic acids is 1. The summed E-state index contributed by atoms with van der Waals surface area (Å²) in [5.74, 6) is -1.54. The van der Waals surface area contributed by atoms with Crippen LogP contribution in [-0.2, 0) is 6.42 Å². The molecule has 23 heavy (non-hydrogen) atoms. The van der Waals surface area contributed by atoms with Crippen molar-refractivity contribution < 1.29 is 14.3 Å². The Balaban J connectivity index is 2.09. The summed E-state index contributed by atoms with van der Waals surface area (Å²) in [5.41, 5.74) is 1.54. The number of halogens is 1. The quantitative estimate of drug-likeness (QED) is 0.780. The van der Waals surface area contributed by atoms with E-state index in [1.807, 2.05) is 0 Å². The van der Waals surface area contributed by atoms with Crippen molar-refractivity contribution in [1.82, 2.24) is 4.98 Å². The van der Waals surface area contributed by atoms with Gasteiger partial charge in [-0.3, -0.25) is 4.79 Å². The van der Waals surface area contributed by atoms with Crippen LogP contribution in [0.1, 0.15) is 27.0 Å². The minimum Gasteiger partial charge on any atom is -0.477 e. The molecule has 1 heterocycles. The first kappa shape index (κ1) is 15.0. The summed E-state index contributed by atoms with van der Waals surface area (Å²) in [6.07, 6.45) is 1.52. The molecule has 0 aliphatic carbocycles. The number of carboxylic acid groups (broad SMARTS) is 1. The summed E-state index contributed by atoms with van der Waals surface area (Å²) in [4.78, 5) is 26.1. The number of aromatic nitrogens is 1. The second kappa shape index (κ2) is 5.68. The molecule has 0 bridgehead atoms. The van der Waals surface area contributed by atoms with Gasteiger partial charge >= 0.3 is 5.97 Å². The molecule has 3 aromatic rings. The van der Waals surface area contributed by atoms with Gasteiger partial charge in [0.05, 0.1) is 0 Å². The summed E-state index contributed by atoms with van der Waals surface area (Å²) in [7, 11) is 0. The molecule has 0 amide bonds. The number of rotatable bonds is 3. The molecule has 5 heteroatoms. The molecule has 2 aromatic carbocycles. The van der Waals surface area contributed by atoms with Gasteiger partial charge in [-0.1, -0.05) is 24.3 Å². The number of benzene rings is 2. The Morgan fingerprint density at radius 3 is 2.78 bits per heavy atom. The number of nitrogens with one attached hydrogen (secondary N) is 1. The van der Waals surface area contributed by atoms with Crippen molar-refractivity contribution in [2.45, 2.75) is 13.3 Å². The third kappa shape index (κ3) is 2.73. The average Bonchev–Trinajstić information content (AvgIpc) is 2.52. The van der Waals surface area contributed by atoms with E-state index in [1.165, 1.54) is 6.20 Å². The van der Waals surface area contributed by atoms with Crippen LogP contribution in [0.25, 0.3) is 10.9 Å². The van der Waals surface area contributed by atoms with E-state index in [9.17, 15) is 14.0 Å². The van der Waals surface area contributed by atoms with Crippen molar-refractivity contribution in [3.05, 3.63) is 80.9 Å². The Morgan fingerprint density at radius 2 is 2.04 bits per heavy atom. The number of hydrogen-bond acceptors (Lipinski definition) is 2. The molecule has 2 N–H and O–H groups in total. The van der Waals surface area contributed by atoms with Crippen LogP contribution in [0.5, 0.6) is 0 Å².